The third-order valence-corrected chi connectivity index (χ3v) is 2.67. The van der Waals surface area contributed by atoms with Gasteiger partial charge in [0.25, 0.3) is 0 Å². The number of hydrogen-bond donors (Lipinski definition) is 0. The van der Waals surface area contributed by atoms with E-state index in [0.29, 0.717) is 17.0 Å². The van der Waals surface area contributed by atoms with Gasteiger partial charge in [-0.1, -0.05) is 18.5 Å². The van der Waals surface area contributed by atoms with Crippen LogP contribution in [0, 0.1) is 13.8 Å². The van der Waals surface area contributed by atoms with Gasteiger partial charge in [-0.25, -0.2) is 0 Å². The maximum Gasteiger partial charge on any atom is 0.164 e. The van der Waals surface area contributed by atoms with E-state index in [1.165, 1.54) is 0 Å². The number of aryl methyl sites for hydroxylation is 2. The van der Waals surface area contributed by atoms with Crippen LogP contribution in [0.3, 0.4) is 0 Å². The van der Waals surface area contributed by atoms with Crippen LogP contribution in [0.4, 0.5) is 0 Å². The molecule has 0 unspecified atom stereocenters. The predicted octanol–water partition coefficient (Wildman–Crippen LogP) is 3.94. The number of carbonyl (C=O) groups excluding carboxylic acids is 1. The van der Waals surface area contributed by atoms with Crippen molar-refractivity contribution in [1.29, 1.82) is 0 Å². The molecule has 1 aromatic rings. The molecule has 0 heterocycles. The van der Waals surface area contributed by atoms with Gasteiger partial charge in [0.1, 0.15) is 0 Å². The number of benzene rings is 1. The van der Waals surface area contributed by atoms with Crippen molar-refractivity contribution in [2.45, 2.75) is 33.6 Å². The van der Waals surface area contributed by atoms with Crippen molar-refractivity contribution in [3.05, 3.63) is 33.8 Å². The van der Waals surface area contributed by atoms with Crippen LogP contribution < -0.4 is 0 Å². The summed E-state index contributed by atoms with van der Waals surface area (Å²) in [5.74, 6) is 0.139. The first-order chi connectivity index (χ1) is 6.56. The lowest BCUT2D eigenvalue weighted by atomic mass is 10.0. The maximum atomic E-state index is 11.6. The van der Waals surface area contributed by atoms with Crippen molar-refractivity contribution in [3.8, 4) is 0 Å². The molecular formula is C12H15ClO. The SMILES string of the molecule is CCCC(=O)c1cc(C)c(C)cc1Cl. The molecule has 0 radical (unpaired) electrons. The van der Waals surface area contributed by atoms with Gasteiger partial charge in [-0.3, -0.25) is 4.79 Å². The highest BCUT2D eigenvalue weighted by atomic mass is 35.5. The summed E-state index contributed by atoms with van der Waals surface area (Å²) in [5.41, 5.74) is 2.91. The van der Waals surface area contributed by atoms with Gasteiger partial charge < -0.3 is 0 Å². The Morgan fingerprint density at radius 3 is 2.43 bits per heavy atom. The largest absolute Gasteiger partial charge is 0.294 e. The number of rotatable bonds is 3. The second kappa shape index (κ2) is 4.61. The first kappa shape index (κ1) is 11.3. The molecule has 14 heavy (non-hydrogen) atoms. The average Bonchev–Trinajstić information content (AvgIpc) is 2.11. The maximum absolute atomic E-state index is 11.6. The van der Waals surface area contributed by atoms with Crippen LogP contribution in [0.2, 0.25) is 5.02 Å². The Hall–Kier alpha value is -0.820. The molecule has 0 aliphatic heterocycles. The molecule has 0 aliphatic carbocycles. The number of ketones is 1. The van der Waals surface area contributed by atoms with E-state index < -0.39 is 0 Å². The Morgan fingerprint density at radius 1 is 1.29 bits per heavy atom. The van der Waals surface area contributed by atoms with E-state index in [4.69, 9.17) is 11.6 Å². The molecule has 1 aromatic carbocycles. The summed E-state index contributed by atoms with van der Waals surface area (Å²) in [6.45, 7) is 5.98. The summed E-state index contributed by atoms with van der Waals surface area (Å²) in [6.07, 6.45) is 1.43. The highest BCUT2D eigenvalue weighted by Gasteiger charge is 2.10. The van der Waals surface area contributed by atoms with Gasteiger partial charge in [-0.2, -0.15) is 0 Å². The molecule has 0 saturated carbocycles. The minimum Gasteiger partial charge on any atom is -0.294 e. The smallest absolute Gasteiger partial charge is 0.164 e. The molecule has 0 spiro atoms. The molecule has 0 aromatic heterocycles. The van der Waals surface area contributed by atoms with Crippen LogP contribution in [-0.4, -0.2) is 5.78 Å². The zero-order valence-electron chi connectivity index (χ0n) is 8.86. The highest BCUT2D eigenvalue weighted by Crippen LogP contribution is 2.22. The van der Waals surface area contributed by atoms with Crippen molar-refractivity contribution >= 4 is 17.4 Å². The second-order valence-electron chi connectivity index (χ2n) is 3.59. The lowest BCUT2D eigenvalue weighted by Crippen LogP contribution is -2.00. The van der Waals surface area contributed by atoms with E-state index in [2.05, 4.69) is 0 Å². The lowest BCUT2D eigenvalue weighted by Gasteiger charge is -2.06. The molecule has 1 rings (SSSR count). The van der Waals surface area contributed by atoms with Crippen molar-refractivity contribution in [2.75, 3.05) is 0 Å². The fraction of sp³-hybridized carbons (Fsp3) is 0.417. The topological polar surface area (TPSA) is 17.1 Å². The normalized spacial score (nSPS) is 10.3. The quantitative estimate of drug-likeness (QED) is 0.691. The van der Waals surface area contributed by atoms with Crippen molar-refractivity contribution in [3.63, 3.8) is 0 Å². The van der Waals surface area contributed by atoms with E-state index in [1.807, 2.05) is 32.9 Å². The molecule has 0 atom stereocenters. The Bertz CT molecular complexity index is 356. The summed E-state index contributed by atoms with van der Waals surface area (Å²) in [7, 11) is 0. The highest BCUT2D eigenvalue weighted by molar-refractivity contribution is 6.34. The molecule has 2 heteroatoms. The fourth-order valence-corrected chi connectivity index (χ4v) is 1.68. The van der Waals surface area contributed by atoms with Crippen molar-refractivity contribution in [1.82, 2.24) is 0 Å². The van der Waals surface area contributed by atoms with Gasteiger partial charge >= 0.3 is 0 Å². The number of hydrogen-bond acceptors (Lipinski definition) is 1. The zero-order valence-corrected chi connectivity index (χ0v) is 9.61. The van der Waals surface area contributed by atoms with Gasteiger partial charge in [0, 0.05) is 12.0 Å². The third kappa shape index (κ3) is 2.36. The summed E-state index contributed by atoms with van der Waals surface area (Å²) >= 11 is 6.01. The Balaban J connectivity index is 3.09. The first-order valence-electron chi connectivity index (χ1n) is 4.86. The minimum absolute atomic E-state index is 0.139. The lowest BCUT2D eigenvalue weighted by molar-refractivity contribution is 0.0982. The molecule has 0 bridgehead atoms. The van der Waals surface area contributed by atoms with Crippen molar-refractivity contribution < 1.29 is 4.79 Å². The van der Waals surface area contributed by atoms with Gasteiger partial charge in [0.2, 0.25) is 0 Å². The van der Waals surface area contributed by atoms with Gasteiger partial charge in [0.15, 0.2) is 5.78 Å². The first-order valence-corrected chi connectivity index (χ1v) is 5.24. The molecule has 76 valence electrons. The summed E-state index contributed by atoms with van der Waals surface area (Å²) < 4.78 is 0. The van der Waals surface area contributed by atoms with E-state index in [1.54, 1.807) is 0 Å². The van der Waals surface area contributed by atoms with Crippen LogP contribution in [0.1, 0.15) is 41.3 Å². The molecular weight excluding hydrogens is 196 g/mol. The van der Waals surface area contributed by atoms with Crippen LogP contribution in [-0.2, 0) is 0 Å². The molecule has 0 saturated heterocycles. The average molecular weight is 211 g/mol. The second-order valence-corrected chi connectivity index (χ2v) is 4.00. The molecule has 0 aliphatic rings. The van der Waals surface area contributed by atoms with Gasteiger partial charge in [0.05, 0.1) is 5.02 Å². The fourth-order valence-electron chi connectivity index (χ4n) is 1.36. The predicted molar refractivity (Wildman–Crippen MR) is 60.2 cm³/mol. The Labute approximate surface area is 90.1 Å². The summed E-state index contributed by atoms with van der Waals surface area (Å²) in [4.78, 5) is 11.6. The van der Waals surface area contributed by atoms with Crippen LogP contribution in [0.5, 0.6) is 0 Å². The van der Waals surface area contributed by atoms with Crippen LogP contribution in [0.15, 0.2) is 12.1 Å². The minimum atomic E-state index is 0.139. The van der Waals surface area contributed by atoms with E-state index in [9.17, 15) is 4.79 Å². The van der Waals surface area contributed by atoms with Gasteiger partial charge in [-0.05, 0) is 43.5 Å². The van der Waals surface area contributed by atoms with E-state index in [-0.39, 0.29) is 5.78 Å². The Kier molecular flexibility index (Phi) is 3.70. The number of halogens is 1. The van der Waals surface area contributed by atoms with E-state index in [0.717, 1.165) is 17.5 Å². The van der Waals surface area contributed by atoms with E-state index >= 15 is 0 Å². The van der Waals surface area contributed by atoms with Gasteiger partial charge in [-0.15, -0.1) is 0 Å². The molecule has 1 nitrogen and oxygen atoms in total. The van der Waals surface area contributed by atoms with Crippen LogP contribution >= 0.6 is 11.6 Å². The Morgan fingerprint density at radius 2 is 1.86 bits per heavy atom. The monoisotopic (exact) mass is 210 g/mol. The zero-order chi connectivity index (χ0) is 10.7. The standard InChI is InChI=1S/C12H15ClO/c1-4-5-12(14)10-6-8(2)9(3)7-11(10)13/h6-7H,4-5H2,1-3H3. The number of Topliss-reactive ketones (excluding diaryl/α,β-unsaturated/α-hetero) is 1. The van der Waals surface area contributed by atoms with Crippen LogP contribution in [0.25, 0.3) is 0 Å². The molecule has 0 N–H and O–H groups in total. The number of carbonyl (C=O) groups is 1. The summed E-state index contributed by atoms with van der Waals surface area (Å²) in [5, 5.41) is 0.576. The summed E-state index contributed by atoms with van der Waals surface area (Å²) in [6, 6.07) is 3.75. The third-order valence-electron chi connectivity index (χ3n) is 2.36. The van der Waals surface area contributed by atoms with Crippen molar-refractivity contribution in [2.24, 2.45) is 0 Å². The molecule has 0 amide bonds. The molecule has 0 fully saturated rings.